The highest BCUT2D eigenvalue weighted by molar-refractivity contribution is 6.16. The lowest BCUT2D eigenvalue weighted by Crippen LogP contribution is -2.36. The summed E-state index contributed by atoms with van der Waals surface area (Å²) in [7, 11) is 1.54. The van der Waals surface area contributed by atoms with Crippen LogP contribution in [0.1, 0.15) is 47.8 Å². The van der Waals surface area contributed by atoms with E-state index in [-0.39, 0.29) is 29.4 Å². The fourth-order valence-corrected chi connectivity index (χ4v) is 4.23. The quantitative estimate of drug-likeness (QED) is 0.571. The van der Waals surface area contributed by atoms with Gasteiger partial charge in [0, 0.05) is 41.7 Å². The molecule has 1 fully saturated rings. The summed E-state index contributed by atoms with van der Waals surface area (Å²) in [6.45, 7) is 7.68. The van der Waals surface area contributed by atoms with E-state index < -0.39 is 17.2 Å². The van der Waals surface area contributed by atoms with Crippen LogP contribution in [0.5, 0.6) is 5.75 Å². The first-order valence-electron chi connectivity index (χ1n) is 11.7. The third-order valence-corrected chi connectivity index (χ3v) is 6.31. The Morgan fingerprint density at radius 1 is 1.11 bits per heavy atom. The minimum atomic E-state index is -4.57. The zero-order valence-electron chi connectivity index (χ0n) is 20.7. The van der Waals surface area contributed by atoms with E-state index in [2.05, 4.69) is 10.2 Å². The number of ether oxygens (including phenoxy) is 2. The Morgan fingerprint density at radius 3 is 2.42 bits per heavy atom. The van der Waals surface area contributed by atoms with Crippen molar-refractivity contribution in [3.8, 4) is 5.75 Å². The first-order valence-corrected chi connectivity index (χ1v) is 11.7. The highest BCUT2D eigenvalue weighted by atomic mass is 19.4. The van der Waals surface area contributed by atoms with E-state index in [9.17, 15) is 22.8 Å². The average molecular weight is 503 g/mol. The second-order valence-corrected chi connectivity index (χ2v) is 9.96. The molecule has 1 heterocycles. The number of hydrogen-bond donors (Lipinski definition) is 1. The maximum absolute atomic E-state index is 13.5. The molecule has 2 aromatic rings. The molecule has 1 N–H and O–H groups in total. The summed E-state index contributed by atoms with van der Waals surface area (Å²) < 4.78 is 51.3. The highest BCUT2D eigenvalue weighted by Gasteiger charge is 2.33. The molecule has 1 aliphatic carbocycles. The van der Waals surface area contributed by atoms with Crippen LogP contribution in [0.15, 0.2) is 35.9 Å². The largest absolute Gasteiger partial charge is 0.495 e. The van der Waals surface area contributed by atoms with Crippen LogP contribution >= 0.6 is 0 Å². The van der Waals surface area contributed by atoms with E-state index in [0.717, 1.165) is 23.4 Å². The number of nitrogens with zero attached hydrogens (tertiary/aromatic N) is 1. The van der Waals surface area contributed by atoms with Crippen LogP contribution in [0.3, 0.4) is 0 Å². The standard InChI is InChI=1S/C27H29F3N2O4/c1-26(2,3)25(34)31-21-6-5-19(27(28,29)30)13-17(21)12-18-11-16-14-22(32-7-9-36-10-8-32)23(35-4)15-20(16)24(18)33/h5-6,12-15H,7-11H2,1-4H3,(H,31,34)/b18-12+. The summed E-state index contributed by atoms with van der Waals surface area (Å²) in [6, 6.07) is 6.71. The molecule has 0 spiro atoms. The number of nitrogens with one attached hydrogen (secondary N) is 1. The van der Waals surface area contributed by atoms with Gasteiger partial charge in [0.2, 0.25) is 5.91 Å². The molecule has 0 aromatic heterocycles. The molecular formula is C27H29F3N2O4. The highest BCUT2D eigenvalue weighted by Crippen LogP contribution is 2.39. The second kappa shape index (κ2) is 9.61. The van der Waals surface area contributed by atoms with Crippen molar-refractivity contribution in [2.45, 2.75) is 33.4 Å². The summed E-state index contributed by atoms with van der Waals surface area (Å²) in [4.78, 5) is 27.9. The van der Waals surface area contributed by atoms with Crippen molar-refractivity contribution in [3.05, 3.63) is 58.2 Å². The van der Waals surface area contributed by atoms with E-state index in [0.29, 0.717) is 43.2 Å². The van der Waals surface area contributed by atoms with Gasteiger partial charge in [0.15, 0.2) is 5.78 Å². The number of alkyl halides is 3. The molecule has 0 saturated carbocycles. The molecule has 1 aliphatic heterocycles. The summed E-state index contributed by atoms with van der Waals surface area (Å²) in [5.41, 5.74) is 1.16. The van der Waals surface area contributed by atoms with Gasteiger partial charge in [0.25, 0.3) is 0 Å². The number of ketones is 1. The summed E-state index contributed by atoms with van der Waals surface area (Å²) in [5, 5.41) is 2.71. The fraction of sp³-hybridized carbons (Fsp3) is 0.407. The predicted molar refractivity (Wildman–Crippen MR) is 132 cm³/mol. The number of benzene rings is 2. The topological polar surface area (TPSA) is 67.9 Å². The zero-order valence-corrected chi connectivity index (χ0v) is 20.7. The Morgan fingerprint density at radius 2 is 1.81 bits per heavy atom. The Kier molecular flexibility index (Phi) is 6.88. The Balaban J connectivity index is 1.73. The lowest BCUT2D eigenvalue weighted by molar-refractivity contribution is -0.137. The van der Waals surface area contributed by atoms with Gasteiger partial charge in [-0.15, -0.1) is 0 Å². The normalized spacial score (nSPS) is 17.4. The van der Waals surface area contributed by atoms with Gasteiger partial charge >= 0.3 is 6.18 Å². The molecule has 9 heteroatoms. The molecule has 0 bridgehead atoms. The molecule has 1 saturated heterocycles. The van der Waals surface area contributed by atoms with Crippen LogP contribution < -0.4 is 15.0 Å². The van der Waals surface area contributed by atoms with E-state index in [4.69, 9.17) is 9.47 Å². The maximum Gasteiger partial charge on any atom is 0.416 e. The molecule has 4 rings (SSSR count). The molecule has 192 valence electrons. The molecule has 0 atom stereocenters. The minimum Gasteiger partial charge on any atom is -0.495 e. The number of fused-ring (bicyclic) bond motifs is 1. The number of Topliss-reactive ketones (excluding diaryl/α,β-unsaturated/α-hetero) is 1. The van der Waals surface area contributed by atoms with Gasteiger partial charge in [0.05, 0.1) is 31.6 Å². The average Bonchev–Trinajstić information content (AvgIpc) is 3.12. The first kappa shape index (κ1) is 25.8. The summed E-state index contributed by atoms with van der Waals surface area (Å²) >= 11 is 0. The molecule has 6 nitrogen and oxygen atoms in total. The number of allylic oxidation sites excluding steroid dienone is 1. The Hall–Kier alpha value is -3.33. The van der Waals surface area contributed by atoms with Crippen molar-refractivity contribution >= 4 is 29.1 Å². The van der Waals surface area contributed by atoms with Gasteiger partial charge in [-0.05, 0) is 47.5 Å². The molecule has 2 aliphatic rings. The van der Waals surface area contributed by atoms with Crippen molar-refractivity contribution < 1.29 is 32.2 Å². The minimum absolute atomic E-state index is 0.124. The van der Waals surface area contributed by atoms with Gasteiger partial charge in [-0.25, -0.2) is 0 Å². The maximum atomic E-state index is 13.5. The number of halogens is 3. The van der Waals surface area contributed by atoms with Gasteiger partial charge in [-0.3, -0.25) is 9.59 Å². The third kappa shape index (κ3) is 5.26. The lowest BCUT2D eigenvalue weighted by atomic mass is 9.95. The molecule has 36 heavy (non-hydrogen) atoms. The van der Waals surface area contributed by atoms with Crippen LogP contribution in [0.2, 0.25) is 0 Å². The second-order valence-electron chi connectivity index (χ2n) is 9.96. The Labute approximate surface area is 208 Å². The first-order chi connectivity index (χ1) is 16.9. The van der Waals surface area contributed by atoms with Crippen molar-refractivity contribution in [2.75, 3.05) is 43.6 Å². The SMILES string of the molecule is COc1cc2c(cc1N1CCOCC1)C/C(=C\c1cc(C(F)(F)F)ccc1NC(=O)C(C)(C)C)C2=O. The van der Waals surface area contributed by atoms with Crippen LogP contribution in [-0.2, 0) is 22.1 Å². The van der Waals surface area contributed by atoms with E-state index >= 15 is 0 Å². The lowest BCUT2D eigenvalue weighted by Gasteiger charge is -2.30. The fourth-order valence-electron chi connectivity index (χ4n) is 4.23. The van der Waals surface area contributed by atoms with Gasteiger partial charge < -0.3 is 19.7 Å². The van der Waals surface area contributed by atoms with Crippen LogP contribution in [-0.4, -0.2) is 45.1 Å². The number of morpholine rings is 1. The van der Waals surface area contributed by atoms with Gasteiger partial charge in [-0.1, -0.05) is 20.8 Å². The molecule has 0 unspecified atom stereocenters. The van der Waals surface area contributed by atoms with E-state index in [1.165, 1.54) is 19.3 Å². The van der Waals surface area contributed by atoms with Crippen molar-refractivity contribution in [1.29, 1.82) is 0 Å². The van der Waals surface area contributed by atoms with Crippen molar-refractivity contribution in [3.63, 3.8) is 0 Å². The zero-order chi connectivity index (χ0) is 26.3. The molecule has 0 radical (unpaired) electrons. The number of carbonyl (C=O) groups is 2. The number of carbonyl (C=O) groups excluding carboxylic acids is 2. The number of rotatable bonds is 4. The number of anilines is 2. The summed E-state index contributed by atoms with van der Waals surface area (Å²) in [6.07, 6.45) is -2.86. The van der Waals surface area contributed by atoms with E-state index in [1.54, 1.807) is 26.8 Å². The van der Waals surface area contributed by atoms with Crippen LogP contribution in [0.4, 0.5) is 24.5 Å². The van der Waals surface area contributed by atoms with Crippen LogP contribution in [0, 0.1) is 5.41 Å². The molecule has 2 aromatic carbocycles. The number of methoxy groups -OCH3 is 1. The van der Waals surface area contributed by atoms with Gasteiger partial charge in [0.1, 0.15) is 5.75 Å². The van der Waals surface area contributed by atoms with E-state index in [1.807, 2.05) is 6.07 Å². The summed E-state index contributed by atoms with van der Waals surface area (Å²) in [5.74, 6) is -0.0624. The monoisotopic (exact) mass is 502 g/mol. The third-order valence-electron chi connectivity index (χ3n) is 6.31. The molecular weight excluding hydrogens is 473 g/mol. The predicted octanol–water partition coefficient (Wildman–Crippen LogP) is 5.36. The number of amides is 1. The smallest absolute Gasteiger partial charge is 0.416 e. The van der Waals surface area contributed by atoms with Crippen molar-refractivity contribution in [2.24, 2.45) is 5.41 Å². The Bertz CT molecular complexity index is 1220. The van der Waals surface area contributed by atoms with Gasteiger partial charge in [-0.2, -0.15) is 13.2 Å². The molecule has 1 amide bonds. The van der Waals surface area contributed by atoms with Crippen LogP contribution in [0.25, 0.3) is 6.08 Å². The van der Waals surface area contributed by atoms with Crippen molar-refractivity contribution in [1.82, 2.24) is 0 Å². The number of hydrogen-bond acceptors (Lipinski definition) is 5.